The van der Waals surface area contributed by atoms with Crippen LogP contribution in [0, 0.1) is 0 Å². The third kappa shape index (κ3) is 2.06. The number of ether oxygens (including phenoxy) is 1. The Morgan fingerprint density at radius 3 is 2.61 bits per heavy atom. The Bertz CT molecular complexity index is 524. The van der Waals surface area contributed by atoms with Crippen molar-refractivity contribution >= 4 is 23.1 Å². The highest BCUT2D eigenvalue weighted by molar-refractivity contribution is 6.31. The van der Waals surface area contributed by atoms with Gasteiger partial charge in [-0.2, -0.15) is 0 Å². The first-order valence-corrected chi connectivity index (χ1v) is 5.46. The van der Waals surface area contributed by atoms with E-state index in [2.05, 4.69) is 0 Å². The third-order valence-electron chi connectivity index (χ3n) is 2.64. The summed E-state index contributed by atoms with van der Waals surface area (Å²) in [7, 11) is 0. The van der Waals surface area contributed by atoms with Crippen molar-refractivity contribution in [3.63, 3.8) is 0 Å². The number of halogens is 3. The lowest BCUT2D eigenvalue weighted by atomic mass is 9.94. The third-order valence-corrected chi connectivity index (χ3v) is 2.87. The van der Waals surface area contributed by atoms with E-state index in [9.17, 15) is 13.6 Å². The van der Waals surface area contributed by atoms with Gasteiger partial charge in [-0.15, -0.1) is 0 Å². The Morgan fingerprint density at radius 1 is 1.39 bits per heavy atom. The molecule has 1 N–H and O–H groups in total. The molecule has 0 aromatic heterocycles. The number of carbonyl (C=O) groups is 1. The molecule has 0 fully saturated rings. The zero-order chi connectivity index (χ0) is 13.3. The summed E-state index contributed by atoms with van der Waals surface area (Å²) in [6, 6.07) is 4.25. The van der Waals surface area contributed by atoms with E-state index in [-0.39, 0.29) is 16.9 Å². The molecule has 0 saturated carbocycles. The van der Waals surface area contributed by atoms with Gasteiger partial charge >= 0.3 is 5.97 Å². The minimum atomic E-state index is -1.87. The molecular weight excluding hydrogens is 266 g/mol. The highest BCUT2D eigenvalue weighted by Crippen LogP contribution is 2.38. The summed E-state index contributed by atoms with van der Waals surface area (Å²) in [5.74, 6) is -1.18. The zero-order valence-corrected chi connectivity index (χ0v) is 9.88. The lowest BCUT2D eigenvalue weighted by molar-refractivity contribution is -0.130. The molecule has 18 heavy (non-hydrogen) atoms. The smallest absolute Gasteiger partial charge is 0.336 e. The fourth-order valence-corrected chi connectivity index (χ4v) is 1.91. The van der Waals surface area contributed by atoms with E-state index >= 15 is 0 Å². The normalized spacial score (nSPS) is 16.5. The molecule has 1 heterocycles. The molecule has 1 aromatic rings. The first kappa shape index (κ1) is 12.8. The van der Waals surface area contributed by atoms with Crippen LogP contribution in [-0.2, 0) is 4.79 Å². The summed E-state index contributed by atoms with van der Waals surface area (Å²) in [6.45, 7) is -2.30. The van der Waals surface area contributed by atoms with Crippen LogP contribution in [0.2, 0.25) is 5.02 Å². The SMILES string of the molecule is O=C(O)C1=CC(CF)(CF)Oc2ccc(Cl)cc21. The quantitative estimate of drug-likeness (QED) is 0.922. The maximum atomic E-state index is 12.9. The summed E-state index contributed by atoms with van der Waals surface area (Å²) in [6.07, 6.45) is 0.952. The van der Waals surface area contributed by atoms with Gasteiger partial charge in [0.25, 0.3) is 0 Å². The molecule has 1 aliphatic rings. The lowest BCUT2D eigenvalue weighted by Gasteiger charge is -2.31. The summed E-state index contributed by atoms with van der Waals surface area (Å²) < 4.78 is 31.0. The number of carboxylic acids is 1. The molecule has 0 unspecified atom stereocenters. The number of carboxylic acid groups (broad SMARTS) is 1. The van der Waals surface area contributed by atoms with Gasteiger partial charge < -0.3 is 9.84 Å². The molecule has 0 aliphatic carbocycles. The molecule has 0 bridgehead atoms. The van der Waals surface area contributed by atoms with Crippen LogP contribution in [0.15, 0.2) is 24.3 Å². The van der Waals surface area contributed by atoms with Gasteiger partial charge in [0.15, 0.2) is 5.60 Å². The first-order chi connectivity index (χ1) is 8.51. The first-order valence-electron chi connectivity index (χ1n) is 5.08. The Balaban J connectivity index is 2.61. The van der Waals surface area contributed by atoms with E-state index in [4.69, 9.17) is 21.4 Å². The number of aliphatic carboxylic acids is 1. The monoisotopic (exact) mass is 274 g/mol. The Morgan fingerprint density at radius 2 is 2.06 bits per heavy atom. The second-order valence-corrected chi connectivity index (χ2v) is 4.37. The number of rotatable bonds is 3. The maximum absolute atomic E-state index is 12.9. The average molecular weight is 275 g/mol. The van der Waals surface area contributed by atoms with Gasteiger partial charge in [0.2, 0.25) is 0 Å². The van der Waals surface area contributed by atoms with E-state index in [0.29, 0.717) is 5.02 Å². The van der Waals surface area contributed by atoms with Crippen LogP contribution in [-0.4, -0.2) is 30.0 Å². The van der Waals surface area contributed by atoms with Gasteiger partial charge in [0.05, 0.1) is 5.57 Å². The second kappa shape index (κ2) is 4.57. The van der Waals surface area contributed by atoms with Crippen LogP contribution < -0.4 is 4.74 Å². The van der Waals surface area contributed by atoms with Gasteiger partial charge in [-0.05, 0) is 24.3 Å². The summed E-state index contributed by atoms with van der Waals surface area (Å²) in [4.78, 5) is 11.1. The molecule has 1 aromatic carbocycles. The molecule has 0 saturated heterocycles. The van der Waals surface area contributed by atoms with Crippen molar-refractivity contribution in [2.24, 2.45) is 0 Å². The van der Waals surface area contributed by atoms with Gasteiger partial charge in [-0.3, -0.25) is 0 Å². The predicted octanol–water partition coefficient (Wildman–Crippen LogP) is 2.88. The highest BCUT2D eigenvalue weighted by atomic mass is 35.5. The van der Waals surface area contributed by atoms with Crippen LogP contribution in [0.4, 0.5) is 8.78 Å². The van der Waals surface area contributed by atoms with E-state index in [1.54, 1.807) is 0 Å². The number of alkyl halides is 2. The number of fused-ring (bicyclic) bond motifs is 1. The zero-order valence-electron chi connectivity index (χ0n) is 9.12. The van der Waals surface area contributed by atoms with Crippen LogP contribution in [0.3, 0.4) is 0 Å². The topological polar surface area (TPSA) is 46.5 Å². The lowest BCUT2D eigenvalue weighted by Crippen LogP contribution is -2.41. The largest absolute Gasteiger partial charge is 0.478 e. The van der Waals surface area contributed by atoms with Crippen LogP contribution in [0.1, 0.15) is 5.56 Å². The number of hydrogen-bond donors (Lipinski definition) is 1. The molecule has 2 rings (SSSR count). The van der Waals surface area contributed by atoms with Crippen LogP contribution >= 0.6 is 11.6 Å². The van der Waals surface area contributed by atoms with E-state index in [0.717, 1.165) is 6.08 Å². The van der Waals surface area contributed by atoms with Crippen molar-refractivity contribution in [3.05, 3.63) is 34.9 Å². The van der Waals surface area contributed by atoms with Crippen molar-refractivity contribution in [2.75, 3.05) is 13.3 Å². The Hall–Kier alpha value is -1.62. The number of hydrogen-bond acceptors (Lipinski definition) is 2. The molecule has 96 valence electrons. The van der Waals surface area contributed by atoms with Gasteiger partial charge in [-0.25, -0.2) is 13.6 Å². The molecule has 0 spiro atoms. The van der Waals surface area contributed by atoms with Gasteiger partial charge in [-0.1, -0.05) is 11.6 Å². The van der Waals surface area contributed by atoms with Crippen molar-refractivity contribution in [1.29, 1.82) is 0 Å². The van der Waals surface area contributed by atoms with E-state index in [1.807, 2.05) is 0 Å². The fourth-order valence-electron chi connectivity index (χ4n) is 1.74. The van der Waals surface area contributed by atoms with Crippen molar-refractivity contribution in [1.82, 2.24) is 0 Å². The molecule has 0 radical (unpaired) electrons. The molecule has 0 amide bonds. The van der Waals surface area contributed by atoms with Gasteiger partial charge in [0.1, 0.15) is 19.1 Å². The average Bonchev–Trinajstić information content (AvgIpc) is 2.37. The molecule has 1 aliphatic heterocycles. The molecule has 3 nitrogen and oxygen atoms in total. The summed E-state index contributed by atoms with van der Waals surface area (Å²) in [5, 5.41) is 9.40. The second-order valence-electron chi connectivity index (χ2n) is 3.94. The van der Waals surface area contributed by atoms with Crippen LogP contribution in [0.25, 0.3) is 5.57 Å². The molecule has 0 atom stereocenters. The fraction of sp³-hybridized carbons (Fsp3) is 0.250. The van der Waals surface area contributed by atoms with Crippen molar-refractivity contribution in [2.45, 2.75) is 5.60 Å². The summed E-state index contributed by atoms with van der Waals surface area (Å²) in [5.41, 5.74) is -1.87. The highest BCUT2D eigenvalue weighted by Gasteiger charge is 2.38. The van der Waals surface area contributed by atoms with Crippen molar-refractivity contribution in [3.8, 4) is 5.75 Å². The van der Waals surface area contributed by atoms with Gasteiger partial charge in [0, 0.05) is 10.6 Å². The van der Waals surface area contributed by atoms with Crippen molar-refractivity contribution < 1.29 is 23.4 Å². The minimum Gasteiger partial charge on any atom is -0.478 e. The Labute approximate surface area is 107 Å². The number of benzene rings is 1. The van der Waals surface area contributed by atoms with E-state index < -0.39 is 24.9 Å². The molecule has 6 heteroatoms. The Kier molecular flexibility index (Phi) is 3.26. The van der Waals surface area contributed by atoms with E-state index in [1.165, 1.54) is 18.2 Å². The molecular formula is C12H9ClF2O3. The summed E-state index contributed by atoms with van der Waals surface area (Å²) >= 11 is 5.76. The van der Waals surface area contributed by atoms with Crippen LogP contribution in [0.5, 0.6) is 5.75 Å². The standard InChI is InChI=1S/C12H9ClF2O3/c13-7-1-2-10-8(3-7)9(11(16)17)4-12(5-14,6-15)18-10/h1-4H,5-6H2,(H,16,17). The minimum absolute atomic E-state index is 0.106. The maximum Gasteiger partial charge on any atom is 0.336 e. The predicted molar refractivity (Wildman–Crippen MR) is 62.4 cm³/mol.